The average molecular weight is 423 g/mol. The van der Waals surface area contributed by atoms with Crippen molar-refractivity contribution in [1.82, 2.24) is 14.8 Å². The maximum atomic E-state index is 13.0. The lowest BCUT2D eigenvalue weighted by atomic mass is 10.1. The van der Waals surface area contributed by atoms with Crippen molar-refractivity contribution in [3.05, 3.63) is 63.6 Å². The maximum Gasteiger partial charge on any atom is 0.416 e. The lowest BCUT2D eigenvalue weighted by Crippen LogP contribution is -2.38. The zero-order chi connectivity index (χ0) is 21.7. The van der Waals surface area contributed by atoms with Crippen LogP contribution in [0, 0.1) is 6.92 Å². The van der Waals surface area contributed by atoms with Crippen molar-refractivity contribution >= 4 is 5.91 Å². The molecule has 2 aromatic rings. The quantitative estimate of drug-likeness (QED) is 0.726. The lowest BCUT2D eigenvalue weighted by Gasteiger charge is -2.26. The van der Waals surface area contributed by atoms with Gasteiger partial charge < -0.3 is 10.1 Å². The number of hydrogen-bond donors (Lipinski definition) is 1. The number of carbonyl (C=O) groups is 1. The normalized spacial score (nSPS) is 15.2. The number of carbonyl (C=O) groups excluding carboxylic acids is 1. The van der Waals surface area contributed by atoms with Crippen LogP contribution in [0.4, 0.5) is 13.2 Å². The number of aryl methyl sites for hydroxylation is 1. The lowest BCUT2D eigenvalue weighted by molar-refractivity contribution is -0.137. The fourth-order valence-electron chi connectivity index (χ4n) is 3.37. The molecule has 1 aliphatic heterocycles. The van der Waals surface area contributed by atoms with E-state index in [0.29, 0.717) is 25.5 Å². The van der Waals surface area contributed by atoms with Gasteiger partial charge in [-0.15, -0.1) is 0 Å². The Morgan fingerprint density at radius 2 is 1.90 bits per heavy atom. The summed E-state index contributed by atoms with van der Waals surface area (Å²) < 4.78 is 45.5. The van der Waals surface area contributed by atoms with E-state index < -0.39 is 23.2 Å². The number of amides is 1. The number of alkyl halides is 3. The molecule has 1 N–H and O–H groups in total. The molecule has 0 spiro atoms. The molecule has 9 heteroatoms. The van der Waals surface area contributed by atoms with Crippen LogP contribution >= 0.6 is 0 Å². The molecule has 0 aliphatic carbocycles. The topological polar surface area (TPSA) is 63.6 Å². The van der Waals surface area contributed by atoms with E-state index in [1.165, 1.54) is 18.2 Å². The standard InChI is InChI=1S/C21H24F3N3O3/c1-15-6-7-18(19(28)25-8-3-9-26-10-12-30-13-11-26)20(29)27(15)17-5-2-4-16(14-17)21(22,23)24/h2,4-7,14H,3,8-13H2,1H3,(H,25,28). The van der Waals surface area contributed by atoms with Gasteiger partial charge in [-0.3, -0.25) is 19.1 Å². The number of ether oxygens (including phenoxy) is 1. The van der Waals surface area contributed by atoms with Crippen molar-refractivity contribution in [3.8, 4) is 5.69 Å². The maximum absolute atomic E-state index is 13.0. The first-order valence-electron chi connectivity index (χ1n) is 9.76. The number of nitrogens with one attached hydrogen (secondary N) is 1. The molecule has 1 amide bonds. The van der Waals surface area contributed by atoms with Crippen LogP contribution < -0.4 is 10.9 Å². The summed E-state index contributed by atoms with van der Waals surface area (Å²) in [6.07, 6.45) is -3.80. The average Bonchev–Trinajstić information content (AvgIpc) is 2.71. The number of nitrogens with zero attached hydrogens (tertiary/aromatic N) is 2. The van der Waals surface area contributed by atoms with E-state index in [-0.39, 0.29) is 11.3 Å². The Bertz CT molecular complexity index is 950. The molecule has 1 aromatic carbocycles. The second-order valence-electron chi connectivity index (χ2n) is 7.14. The van der Waals surface area contributed by atoms with Gasteiger partial charge in [-0.25, -0.2) is 0 Å². The van der Waals surface area contributed by atoms with Gasteiger partial charge in [0.05, 0.1) is 18.8 Å². The first kappa shape index (κ1) is 22.0. The Kier molecular flexibility index (Phi) is 6.94. The zero-order valence-electron chi connectivity index (χ0n) is 16.7. The highest BCUT2D eigenvalue weighted by Crippen LogP contribution is 2.30. The highest BCUT2D eigenvalue weighted by atomic mass is 19.4. The van der Waals surface area contributed by atoms with Crippen molar-refractivity contribution in [2.75, 3.05) is 39.4 Å². The van der Waals surface area contributed by atoms with Crippen LogP contribution in [-0.4, -0.2) is 54.8 Å². The summed E-state index contributed by atoms with van der Waals surface area (Å²) in [5.74, 6) is -0.539. The first-order valence-corrected chi connectivity index (χ1v) is 9.76. The molecule has 1 fully saturated rings. The first-order chi connectivity index (χ1) is 14.3. The number of morpholine rings is 1. The molecular weight excluding hydrogens is 399 g/mol. The molecule has 1 aromatic heterocycles. The molecule has 0 atom stereocenters. The van der Waals surface area contributed by atoms with Gasteiger partial charge in [0, 0.05) is 31.0 Å². The molecule has 2 heterocycles. The molecule has 3 rings (SSSR count). The predicted molar refractivity (Wildman–Crippen MR) is 106 cm³/mol. The van der Waals surface area contributed by atoms with Crippen LogP contribution in [-0.2, 0) is 10.9 Å². The SMILES string of the molecule is Cc1ccc(C(=O)NCCCN2CCOCC2)c(=O)n1-c1cccc(C(F)(F)F)c1. The number of pyridine rings is 1. The van der Waals surface area contributed by atoms with Gasteiger partial charge in [0.2, 0.25) is 0 Å². The number of hydrogen-bond acceptors (Lipinski definition) is 4. The summed E-state index contributed by atoms with van der Waals surface area (Å²) in [7, 11) is 0. The van der Waals surface area contributed by atoms with E-state index in [4.69, 9.17) is 4.74 Å². The van der Waals surface area contributed by atoms with Gasteiger partial charge in [-0.05, 0) is 50.2 Å². The van der Waals surface area contributed by atoms with E-state index in [0.717, 1.165) is 42.8 Å². The van der Waals surface area contributed by atoms with Gasteiger partial charge in [-0.1, -0.05) is 6.07 Å². The fraction of sp³-hybridized carbons (Fsp3) is 0.429. The largest absolute Gasteiger partial charge is 0.416 e. The zero-order valence-corrected chi connectivity index (χ0v) is 16.7. The van der Waals surface area contributed by atoms with E-state index in [1.54, 1.807) is 13.0 Å². The smallest absolute Gasteiger partial charge is 0.379 e. The van der Waals surface area contributed by atoms with Crippen LogP contribution in [0.25, 0.3) is 5.69 Å². The van der Waals surface area contributed by atoms with E-state index in [9.17, 15) is 22.8 Å². The molecule has 0 unspecified atom stereocenters. The highest BCUT2D eigenvalue weighted by Gasteiger charge is 2.30. The fourth-order valence-corrected chi connectivity index (χ4v) is 3.37. The summed E-state index contributed by atoms with van der Waals surface area (Å²) in [5, 5.41) is 2.72. The molecule has 0 bridgehead atoms. The summed E-state index contributed by atoms with van der Waals surface area (Å²) in [6, 6.07) is 7.44. The Labute approximate surface area is 172 Å². The number of halogens is 3. The summed E-state index contributed by atoms with van der Waals surface area (Å²) in [5.41, 5.74) is -1.12. The Balaban J connectivity index is 1.72. The van der Waals surface area contributed by atoms with Gasteiger partial charge in [0.1, 0.15) is 5.56 Å². The van der Waals surface area contributed by atoms with E-state index >= 15 is 0 Å². The number of rotatable bonds is 6. The predicted octanol–water partition coefficient (Wildman–Crippen LogP) is 2.62. The Morgan fingerprint density at radius 1 is 1.17 bits per heavy atom. The van der Waals surface area contributed by atoms with Crippen LogP contribution in [0.3, 0.4) is 0 Å². The number of benzene rings is 1. The Hall–Kier alpha value is -2.65. The van der Waals surface area contributed by atoms with Crippen LogP contribution in [0.1, 0.15) is 28.0 Å². The molecule has 1 saturated heterocycles. The van der Waals surface area contributed by atoms with Crippen molar-refractivity contribution in [2.24, 2.45) is 0 Å². The van der Waals surface area contributed by atoms with Crippen LogP contribution in [0.5, 0.6) is 0 Å². The molecule has 0 radical (unpaired) electrons. The second kappa shape index (κ2) is 9.44. The van der Waals surface area contributed by atoms with Crippen molar-refractivity contribution in [3.63, 3.8) is 0 Å². The van der Waals surface area contributed by atoms with E-state index in [1.807, 2.05) is 0 Å². The van der Waals surface area contributed by atoms with Crippen molar-refractivity contribution in [1.29, 1.82) is 0 Å². The van der Waals surface area contributed by atoms with Gasteiger partial charge in [-0.2, -0.15) is 13.2 Å². The third kappa shape index (κ3) is 5.28. The number of aromatic nitrogens is 1. The molecule has 0 saturated carbocycles. The van der Waals surface area contributed by atoms with Gasteiger partial charge in [0.15, 0.2) is 0 Å². The third-order valence-electron chi connectivity index (χ3n) is 4.99. The second-order valence-corrected chi connectivity index (χ2v) is 7.14. The summed E-state index contributed by atoms with van der Waals surface area (Å²) in [6.45, 7) is 5.92. The minimum atomic E-state index is -4.52. The molecule has 6 nitrogen and oxygen atoms in total. The third-order valence-corrected chi connectivity index (χ3v) is 4.99. The molecule has 30 heavy (non-hydrogen) atoms. The van der Waals surface area contributed by atoms with Gasteiger partial charge >= 0.3 is 6.18 Å². The van der Waals surface area contributed by atoms with E-state index in [2.05, 4.69) is 10.2 Å². The van der Waals surface area contributed by atoms with Crippen LogP contribution in [0.2, 0.25) is 0 Å². The minimum absolute atomic E-state index is 0.0642. The Morgan fingerprint density at radius 3 is 2.60 bits per heavy atom. The van der Waals surface area contributed by atoms with Crippen molar-refractivity contribution in [2.45, 2.75) is 19.5 Å². The monoisotopic (exact) mass is 423 g/mol. The highest BCUT2D eigenvalue weighted by molar-refractivity contribution is 5.93. The van der Waals surface area contributed by atoms with Crippen LogP contribution in [0.15, 0.2) is 41.2 Å². The minimum Gasteiger partial charge on any atom is -0.379 e. The molecular formula is C21H24F3N3O3. The summed E-state index contributed by atoms with van der Waals surface area (Å²) >= 11 is 0. The van der Waals surface area contributed by atoms with Gasteiger partial charge in [0.25, 0.3) is 11.5 Å². The molecule has 1 aliphatic rings. The van der Waals surface area contributed by atoms with Crippen molar-refractivity contribution < 1.29 is 22.7 Å². The summed E-state index contributed by atoms with van der Waals surface area (Å²) in [4.78, 5) is 27.6. The molecule has 162 valence electrons.